The molecular formula is C20H28F2N2O2. The van der Waals surface area contributed by atoms with Crippen LogP contribution in [0, 0.1) is 5.92 Å². The number of rotatable bonds is 5. The van der Waals surface area contributed by atoms with E-state index in [1.54, 1.807) is 4.90 Å². The topological polar surface area (TPSA) is 41.6 Å². The zero-order valence-electron chi connectivity index (χ0n) is 15.1. The predicted octanol–water partition coefficient (Wildman–Crippen LogP) is 4.20. The largest absolute Gasteiger partial charge is 0.445 e. The minimum absolute atomic E-state index is 0.00361. The van der Waals surface area contributed by atoms with E-state index in [1.165, 1.54) is 0 Å². The van der Waals surface area contributed by atoms with Crippen molar-refractivity contribution < 1.29 is 18.3 Å². The summed E-state index contributed by atoms with van der Waals surface area (Å²) in [5.74, 6) is -1.97. The number of likely N-dealkylation sites (tertiary alicyclic amines) is 1. The molecule has 1 saturated carbocycles. The van der Waals surface area contributed by atoms with E-state index in [1.807, 2.05) is 30.3 Å². The quantitative estimate of drug-likeness (QED) is 0.849. The SMILES string of the molecule is O=C(OCc1ccccc1)N1CCC(CNC2CCC(F)(F)CC2)CC1. The molecule has 2 fully saturated rings. The smallest absolute Gasteiger partial charge is 0.410 e. The molecule has 1 amide bonds. The molecule has 1 N–H and O–H groups in total. The lowest BCUT2D eigenvalue weighted by molar-refractivity contribution is -0.0407. The Morgan fingerprint density at radius 3 is 2.42 bits per heavy atom. The molecule has 0 atom stereocenters. The normalized spacial score (nSPS) is 21.5. The number of carbonyl (C=O) groups is 1. The molecule has 1 aromatic rings. The van der Waals surface area contributed by atoms with Gasteiger partial charge in [0, 0.05) is 32.0 Å². The van der Waals surface area contributed by atoms with Crippen LogP contribution in [0.2, 0.25) is 0 Å². The van der Waals surface area contributed by atoms with Gasteiger partial charge >= 0.3 is 6.09 Å². The van der Waals surface area contributed by atoms with E-state index in [-0.39, 0.29) is 25.0 Å². The van der Waals surface area contributed by atoms with Crippen LogP contribution in [0.15, 0.2) is 30.3 Å². The van der Waals surface area contributed by atoms with Crippen molar-refractivity contribution in [2.24, 2.45) is 5.92 Å². The fraction of sp³-hybridized carbons (Fsp3) is 0.650. The maximum Gasteiger partial charge on any atom is 0.410 e. The third-order valence-corrected chi connectivity index (χ3v) is 5.49. The maximum absolute atomic E-state index is 13.2. The van der Waals surface area contributed by atoms with E-state index in [0.717, 1.165) is 24.9 Å². The standard InChI is InChI=1S/C20H28F2N2O2/c21-20(22)10-6-18(7-11-20)23-14-16-8-12-24(13-9-16)19(25)26-15-17-4-2-1-3-5-17/h1-5,16,18,23H,6-15H2. The average molecular weight is 366 g/mol. The Morgan fingerprint density at radius 2 is 1.77 bits per heavy atom. The Balaban J connectivity index is 1.32. The highest BCUT2D eigenvalue weighted by Gasteiger charge is 2.35. The van der Waals surface area contributed by atoms with E-state index in [9.17, 15) is 13.6 Å². The summed E-state index contributed by atoms with van der Waals surface area (Å²) in [6.07, 6.45) is 2.70. The van der Waals surface area contributed by atoms with E-state index in [2.05, 4.69) is 5.32 Å². The van der Waals surface area contributed by atoms with Gasteiger partial charge in [-0.2, -0.15) is 0 Å². The number of hydrogen-bond acceptors (Lipinski definition) is 3. The highest BCUT2D eigenvalue weighted by Crippen LogP contribution is 2.33. The van der Waals surface area contributed by atoms with Gasteiger partial charge in [0.15, 0.2) is 0 Å². The summed E-state index contributed by atoms with van der Waals surface area (Å²) in [5, 5.41) is 3.45. The van der Waals surface area contributed by atoms with Crippen molar-refractivity contribution in [1.29, 1.82) is 0 Å². The highest BCUT2D eigenvalue weighted by atomic mass is 19.3. The Bertz CT molecular complexity index is 564. The first-order valence-electron chi connectivity index (χ1n) is 9.59. The Labute approximate surface area is 153 Å². The van der Waals surface area contributed by atoms with Crippen molar-refractivity contribution in [3.63, 3.8) is 0 Å². The van der Waals surface area contributed by atoms with Crippen LogP contribution in [0.1, 0.15) is 44.1 Å². The summed E-state index contributed by atoms with van der Waals surface area (Å²) < 4.78 is 31.7. The molecule has 1 saturated heterocycles. The van der Waals surface area contributed by atoms with E-state index in [0.29, 0.717) is 38.5 Å². The fourth-order valence-electron chi connectivity index (χ4n) is 3.71. The van der Waals surface area contributed by atoms with Gasteiger partial charge in [-0.3, -0.25) is 0 Å². The first-order valence-corrected chi connectivity index (χ1v) is 9.59. The van der Waals surface area contributed by atoms with E-state index < -0.39 is 5.92 Å². The van der Waals surface area contributed by atoms with Crippen LogP contribution in [0.25, 0.3) is 0 Å². The molecule has 1 aromatic carbocycles. The molecule has 3 rings (SSSR count). The van der Waals surface area contributed by atoms with Crippen LogP contribution in [-0.4, -0.2) is 42.6 Å². The van der Waals surface area contributed by atoms with Gasteiger partial charge in [0.1, 0.15) is 6.61 Å². The molecule has 0 radical (unpaired) electrons. The Hall–Kier alpha value is -1.69. The van der Waals surface area contributed by atoms with Gasteiger partial charge in [0.2, 0.25) is 5.92 Å². The molecule has 0 unspecified atom stereocenters. The first-order chi connectivity index (χ1) is 12.5. The minimum atomic E-state index is -2.47. The molecule has 2 aliphatic rings. The maximum atomic E-state index is 13.2. The van der Waals surface area contributed by atoms with Gasteiger partial charge in [-0.1, -0.05) is 30.3 Å². The number of carbonyl (C=O) groups excluding carboxylic acids is 1. The van der Waals surface area contributed by atoms with Crippen LogP contribution < -0.4 is 5.32 Å². The van der Waals surface area contributed by atoms with Gasteiger partial charge in [0.25, 0.3) is 0 Å². The number of ether oxygens (including phenoxy) is 1. The number of nitrogens with zero attached hydrogens (tertiary/aromatic N) is 1. The highest BCUT2D eigenvalue weighted by molar-refractivity contribution is 5.67. The minimum Gasteiger partial charge on any atom is -0.445 e. The fourth-order valence-corrected chi connectivity index (χ4v) is 3.71. The molecule has 4 nitrogen and oxygen atoms in total. The molecule has 1 heterocycles. The molecule has 0 bridgehead atoms. The molecule has 1 aliphatic carbocycles. The van der Waals surface area contributed by atoms with Gasteiger partial charge in [-0.25, -0.2) is 13.6 Å². The number of hydrogen-bond donors (Lipinski definition) is 1. The zero-order valence-corrected chi connectivity index (χ0v) is 15.1. The molecule has 144 valence electrons. The Morgan fingerprint density at radius 1 is 1.12 bits per heavy atom. The number of benzene rings is 1. The van der Waals surface area contributed by atoms with E-state index in [4.69, 9.17) is 4.74 Å². The van der Waals surface area contributed by atoms with Crippen LogP contribution in [-0.2, 0) is 11.3 Å². The predicted molar refractivity (Wildman–Crippen MR) is 96.1 cm³/mol. The second kappa shape index (κ2) is 8.80. The van der Waals surface area contributed by atoms with Crippen molar-refractivity contribution >= 4 is 6.09 Å². The summed E-state index contributed by atoms with van der Waals surface area (Å²) in [4.78, 5) is 13.9. The van der Waals surface area contributed by atoms with Gasteiger partial charge in [-0.05, 0) is 43.7 Å². The van der Waals surface area contributed by atoms with Crippen molar-refractivity contribution in [2.45, 2.75) is 57.1 Å². The van der Waals surface area contributed by atoms with Crippen molar-refractivity contribution in [3.8, 4) is 0 Å². The van der Waals surface area contributed by atoms with Crippen LogP contribution >= 0.6 is 0 Å². The van der Waals surface area contributed by atoms with Gasteiger partial charge in [-0.15, -0.1) is 0 Å². The van der Waals surface area contributed by atoms with Crippen LogP contribution in [0.4, 0.5) is 13.6 Å². The lowest BCUT2D eigenvalue weighted by Crippen LogP contribution is -2.43. The second-order valence-corrected chi connectivity index (χ2v) is 7.51. The third-order valence-electron chi connectivity index (χ3n) is 5.49. The number of halogens is 2. The monoisotopic (exact) mass is 366 g/mol. The van der Waals surface area contributed by atoms with Crippen LogP contribution in [0.5, 0.6) is 0 Å². The van der Waals surface area contributed by atoms with Gasteiger partial charge in [0.05, 0.1) is 0 Å². The number of amides is 1. The summed E-state index contributed by atoms with van der Waals surface area (Å²) in [5.41, 5.74) is 0.984. The van der Waals surface area contributed by atoms with Gasteiger partial charge < -0.3 is 15.0 Å². The molecular weight excluding hydrogens is 338 g/mol. The molecule has 0 spiro atoms. The lowest BCUT2D eigenvalue weighted by Gasteiger charge is -2.34. The second-order valence-electron chi connectivity index (χ2n) is 7.51. The van der Waals surface area contributed by atoms with Crippen molar-refractivity contribution in [1.82, 2.24) is 10.2 Å². The number of piperidine rings is 1. The van der Waals surface area contributed by atoms with Crippen molar-refractivity contribution in [3.05, 3.63) is 35.9 Å². The summed E-state index contributed by atoms with van der Waals surface area (Å²) in [6.45, 7) is 2.54. The average Bonchev–Trinajstić information content (AvgIpc) is 2.66. The molecule has 26 heavy (non-hydrogen) atoms. The van der Waals surface area contributed by atoms with Crippen LogP contribution in [0.3, 0.4) is 0 Å². The number of alkyl halides is 2. The zero-order chi connectivity index (χ0) is 18.4. The van der Waals surface area contributed by atoms with Crippen molar-refractivity contribution in [2.75, 3.05) is 19.6 Å². The Kier molecular flexibility index (Phi) is 6.46. The summed E-state index contributed by atoms with van der Waals surface area (Å²) >= 11 is 0. The molecule has 0 aromatic heterocycles. The third kappa shape index (κ3) is 5.66. The number of nitrogens with one attached hydrogen (secondary N) is 1. The molecule has 1 aliphatic heterocycles. The first kappa shape index (κ1) is 19.1. The summed E-state index contributed by atoms with van der Waals surface area (Å²) in [6, 6.07) is 9.87. The van der Waals surface area contributed by atoms with E-state index >= 15 is 0 Å². The summed E-state index contributed by atoms with van der Waals surface area (Å²) in [7, 11) is 0. The lowest BCUT2D eigenvalue weighted by atomic mass is 9.91. The molecule has 6 heteroatoms.